The molecule has 18 heavy (non-hydrogen) atoms. The van der Waals surface area contributed by atoms with Crippen LogP contribution in [0.1, 0.15) is 28.2 Å². The average molecular weight is 266 g/mol. The first-order valence-corrected chi connectivity index (χ1v) is 10.3. The van der Waals surface area contributed by atoms with E-state index >= 15 is 0 Å². The van der Waals surface area contributed by atoms with Gasteiger partial charge in [-0.25, -0.2) is 4.68 Å². The van der Waals surface area contributed by atoms with Gasteiger partial charge < -0.3 is 4.74 Å². The Kier molecular flexibility index (Phi) is 4.02. The van der Waals surface area contributed by atoms with Crippen LogP contribution in [0.2, 0.25) is 25.7 Å². The molecule has 1 aliphatic rings. The first-order valence-electron chi connectivity index (χ1n) is 6.63. The maximum Gasteiger partial charge on any atom is 0.170 e. The average Bonchev–Trinajstić information content (AvgIpc) is 2.85. The third-order valence-electron chi connectivity index (χ3n) is 3.36. The van der Waals surface area contributed by atoms with E-state index in [1.165, 1.54) is 5.69 Å². The van der Waals surface area contributed by atoms with Gasteiger partial charge in [0.2, 0.25) is 0 Å². The van der Waals surface area contributed by atoms with Crippen molar-refractivity contribution in [2.45, 2.75) is 51.7 Å². The van der Waals surface area contributed by atoms with Gasteiger partial charge in [-0.05, 0) is 25.3 Å². The van der Waals surface area contributed by atoms with E-state index in [1.54, 1.807) is 0 Å². The SMILES string of the molecule is C[Si](C)(C)CCOCn1nc(C=O)c2c1CCC2. The summed E-state index contributed by atoms with van der Waals surface area (Å²) in [5.41, 5.74) is 2.94. The maximum atomic E-state index is 10.9. The van der Waals surface area contributed by atoms with Crippen LogP contribution in [0.5, 0.6) is 0 Å². The van der Waals surface area contributed by atoms with Crippen LogP contribution in [-0.2, 0) is 24.3 Å². The second-order valence-corrected chi connectivity index (χ2v) is 11.8. The van der Waals surface area contributed by atoms with Crippen molar-refractivity contribution in [2.75, 3.05) is 6.61 Å². The summed E-state index contributed by atoms with van der Waals surface area (Å²) in [4.78, 5) is 10.9. The number of nitrogens with zero attached hydrogens (tertiary/aromatic N) is 2. The number of ether oxygens (including phenoxy) is 1. The van der Waals surface area contributed by atoms with Crippen LogP contribution >= 0.6 is 0 Å². The molecule has 0 saturated heterocycles. The Hall–Kier alpha value is -0.943. The number of carbonyl (C=O) groups excluding carboxylic acids is 1. The van der Waals surface area contributed by atoms with E-state index in [9.17, 15) is 4.79 Å². The molecule has 100 valence electrons. The first kappa shape index (κ1) is 13.5. The molecule has 0 spiro atoms. The highest BCUT2D eigenvalue weighted by Gasteiger charge is 2.22. The molecule has 0 amide bonds. The predicted molar refractivity (Wildman–Crippen MR) is 73.7 cm³/mol. The Bertz CT molecular complexity index is 435. The molecule has 0 fully saturated rings. The summed E-state index contributed by atoms with van der Waals surface area (Å²) in [5, 5.41) is 4.32. The first-order chi connectivity index (χ1) is 8.51. The van der Waals surface area contributed by atoms with Gasteiger partial charge in [-0.3, -0.25) is 4.79 Å². The van der Waals surface area contributed by atoms with E-state index in [4.69, 9.17) is 4.74 Å². The Morgan fingerprint density at radius 2 is 2.17 bits per heavy atom. The number of fused-ring (bicyclic) bond motifs is 1. The van der Waals surface area contributed by atoms with Gasteiger partial charge in [0.1, 0.15) is 12.4 Å². The second-order valence-electron chi connectivity index (χ2n) is 6.13. The van der Waals surface area contributed by atoms with Crippen LogP contribution < -0.4 is 0 Å². The minimum absolute atomic E-state index is 0.487. The van der Waals surface area contributed by atoms with Crippen LogP contribution in [0.3, 0.4) is 0 Å². The van der Waals surface area contributed by atoms with Crippen LogP contribution in [0.25, 0.3) is 0 Å². The minimum atomic E-state index is -1.03. The highest BCUT2D eigenvalue weighted by atomic mass is 28.3. The van der Waals surface area contributed by atoms with Crippen LogP contribution in [0.15, 0.2) is 0 Å². The fourth-order valence-corrected chi connectivity index (χ4v) is 3.03. The van der Waals surface area contributed by atoms with Gasteiger partial charge in [-0.2, -0.15) is 5.10 Å². The third-order valence-corrected chi connectivity index (χ3v) is 5.06. The van der Waals surface area contributed by atoms with E-state index in [0.29, 0.717) is 12.4 Å². The summed E-state index contributed by atoms with van der Waals surface area (Å²) < 4.78 is 7.57. The number of aromatic nitrogens is 2. The molecule has 5 heteroatoms. The minimum Gasteiger partial charge on any atom is -0.360 e. The van der Waals surface area contributed by atoms with Crippen molar-refractivity contribution in [2.24, 2.45) is 0 Å². The molecule has 2 rings (SSSR count). The number of aldehydes is 1. The molecule has 4 nitrogen and oxygen atoms in total. The molecule has 0 bridgehead atoms. The van der Waals surface area contributed by atoms with Crippen molar-refractivity contribution in [3.63, 3.8) is 0 Å². The zero-order valence-electron chi connectivity index (χ0n) is 11.5. The Morgan fingerprint density at radius 3 is 2.83 bits per heavy atom. The topological polar surface area (TPSA) is 44.1 Å². The number of carbonyl (C=O) groups is 1. The lowest BCUT2D eigenvalue weighted by atomic mass is 10.2. The standard InChI is InChI=1S/C13H22N2O2Si/c1-18(2,3)8-7-17-10-15-13-6-4-5-11(13)12(9-16)14-15/h9H,4-8,10H2,1-3H3. The molecule has 1 heterocycles. The lowest BCUT2D eigenvalue weighted by Crippen LogP contribution is -2.22. The smallest absolute Gasteiger partial charge is 0.170 e. The van der Waals surface area contributed by atoms with Gasteiger partial charge in [-0.15, -0.1) is 0 Å². The van der Waals surface area contributed by atoms with Gasteiger partial charge in [0, 0.05) is 25.9 Å². The second kappa shape index (κ2) is 5.36. The van der Waals surface area contributed by atoms with Gasteiger partial charge >= 0.3 is 0 Å². The summed E-state index contributed by atoms with van der Waals surface area (Å²) >= 11 is 0. The summed E-state index contributed by atoms with van der Waals surface area (Å²) in [5.74, 6) is 0. The molecule has 0 unspecified atom stereocenters. The molecule has 0 radical (unpaired) electrons. The van der Waals surface area contributed by atoms with Gasteiger partial charge in [0.25, 0.3) is 0 Å². The van der Waals surface area contributed by atoms with E-state index in [-0.39, 0.29) is 0 Å². The molecule has 0 atom stereocenters. The quantitative estimate of drug-likeness (QED) is 0.451. The molecule has 1 aliphatic carbocycles. The normalized spacial score (nSPS) is 14.8. The number of hydrogen-bond donors (Lipinski definition) is 0. The van der Waals surface area contributed by atoms with Gasteiger partial charge in [0.05, 0.1) is 0 Å². The summed E-state index contributed by atoms with van der Waals surface area (Å²) in [7, 11) is -1.03. The van der Waals surface area contributed by atoms with Gasteiger partial charge in [-0.1, -0.05) is 19.6 Å². The molecular formula is C13H22N2O2Si. The molecule has 0 aliphatic heterocycles. The fourth-order valence-electron chi connectivity index (χ4n) is 2.27. The number of hydrogen-bond acceptors (Lipinski definition) is 3. The Morgan fingerprint density at radius 1 is 1.39 bits per heavy atom. The van der Waals surface area contributed by atoms with Crippen molar-refractivity contribution in [1.29, 1.82) is 0 Å². The lowest BCUT2D eigenvalue weighted by Gasteiger charge is -2.15. The number of rotatable bonds is 6. The highest BCUT2D eigenvalue weighted by molar-refractivity contribution is 6.76. The molecule has 0 N–H and O–H groups in total. The molecular weight excluding hydrogens is 244 g/mol. The summed E-state index contributed by atoms with van der Waals surface area (Å²) in [6.45, 7) is 8.30. The third kappa shape index (κ3) is 3.08. The van der Waals surface area contributed by atoms with Crippen molar-refractivity contribution in [1.82, 2.24) is 9.78 Å². The molecule has 1 aromatic heterocycles. The Labute approximate surface area is 109 Å². The Balaban J connectivity index is 1.92. The molecule has 1 aromatic rings. The lowest BCUT2D eigenvalue weighted by molar-refractivity contribution is 0.0762. The summed E-state index contributed by atoms with van der Waals surface area (Å²) in [6, 6.07) is 1.16. The van der Waals surface area contributed by atoms with Crippen LogP contribution in [0, 0.1) is 0 Å². The van der Waals surface area contributed by atoms with E-state index in [1.807, 2.05) is 4.68 Å². The van der Waals surface area contributed by atoms with Crippen LogP contribution in [0.4, 0.5) is 0 Å². The van der Waals surface area contributed by atoms with Crippen molar-refractivity contribution in [3.05, 3.63) is 17.0 Å². The zero-order chi connectivity index (χ0) is 13.2. The van der Waals surface area contributed by atoms with E-state index in [0.717, 1.165) is 43.8 Å². The van der Waals surface area contributed by atoms with Crippen molar-refractivity contribution in [3.8, 4) is 0 Å². The highest BCUT2D eigenvalue weighted by Crippen LogP contribution is 2.24. The summed E-state index contributed by atoms with van der Waals surface area (Å²) in [6.07, 6.45) is 4.00. The zero-order valence-corrected chi connectivity index (χ0v) is 12.5. The monoisotopic (exact) mass is 266 g/mol. The molecule has 0 saturated carbocycles. The van der Waals surface area contributed by atoms with Crippen LogP contribution in [-0.4, -0.2) is 30.7 Å². The molecule has 0 aromatic carbocycles. The van der Waals surface area contributed by atoms with E-state index in [2.05, 4.69) is 24.7 Å². The largest absolute Gasteiger partial charge is 0.360 e. The van der Waals surface area contributed by atoms with Crippen molar-refractivity contribution >= 4 is 14.4 Å². The fraction of sp³-hybridized carbons (Fsp3) is 0.692. The maximum absolute atomic E-state index is 10.9. The van der Waals surface area contributed by atoms with Gasteiger partial charge in [0.15, 0.2) is 6.29 Å². The van der Waals surface area contributed by atoms with Crippen molar-refractivity contribution < 1.29 is 9.53 Å². The van der Waals surface area contributed by atoms with E-state index < -0.39 is 8.07 Å². The predicted octanol–water partition coefficient (Wildman–Crippen LogP) is 2.50.